The highest BCUT2D eigenvalue weighted by molar-refractivity contribution is 7.47. The molecule has 0 radical (unpaired) electrons. The predicted octanol–water partition coefficient (Wildman–Crippen LogP) is 22.6. The summed E-state index contributed by atoms with van der Waals surface area (Å²) in [7, 11) is -9.91. The molecule has 0 aliphatic rings. The number of phosphoric acid groups is 2. The first kappa shape index (κ1) is 94.1. The standard InChI is InChI=1S/C77H150O17P2/c1-8-9-10-11-12-13-14-15-16-17-18-19-20-21-22-23-26-32-37-46-53-60-76(81)93-72(64-87-74(79)58-51-44-36-31-27-24-25-29-34-41-48-55-68(2)3)66-91-95(83,84)89-62-71(78)63-90-96(85,86)92-67-73(65-88-75(80)59-52-45-40-39-43-50-57-70(6)7)94-77(82)61-54-47-38-33-28-30-35-42-49-56-69(4)5/h68-73,78H,8-67H2,1-7H3,(H,83,84)(H,85,86)/t71-,72-,73-/m1/s1. The summed E-state index contributed by atoms with van der Waals surface area (Å²) >= 11 is 0. The number of aliphatic hydroxyl groups excluding tert-OH is 1. The minimum atomic E-state index is -4.96. The first-order valence-electron chi connectivity index (χ1n) is 39.8. The van der Waals surface area contributed by atoms with Gasteiger partial charge in [0.15, 0.2) is 12.2 Å². The molecule has 2 unspecified atom stereocenters. The van der Waals surface area contributed by atoms with Gasteiger partial charge in [-0.2, -0.15) is 0 Å². The highest BCUT2D eigenvalue weighted by Gasteiger charge is 2.30. The molecule has 19 heteroatoms. The zero-order valence-corrected chi connectivity index (χ0v) is 64.6. The van der Waals surface area contributed by atoms with Gasteiger partial charge in [0.2, 0.25) is 0 Å². The maximum Gasteiger partial charge on any atom is 0.472 e. The molecule has 0 bridgehead atoms. The number of ether oxygens (including phenoxy) is 4. The van der Waals surface area contributed by atoms with Gasteiger partial charge in [0, 0.05) is 25.7 Å². The second kappa shape index (κ2) is 67.5. The summed E-state index contributed by atoms with van der Waals surface area (Å²) in [4.78, 5) is 72.8. The Morgan fingerprint density at radius 3 is 0.708 bits per heavy atom. The van der Waals surface area contributed by atoms with Crippen LogP contribution < -0.4 is 0 Å². The van der Waals surface area contributed by atoms with Crippen LogP contribution in [-0.2, 0) is 65.4 Å². The van der Waals surface area contributed by atoms with Gasteiger partial charge in [0.05, 0.1) is 26.4 Å². The van der Waals surface area contributed by atoms with E-state index < -0.39 is 97.5 Å². The van der Waals surface area contributed by atoms with E-state index in [-0.39, 0.29) is 25.7 Å². The van der Waals surface area contributed by atoms with E-state index in [9.17, 15) is 43.2 Å². The third-order valence-corrected chi connectivity index (χ3v) is 19.8. The molecule has 0 spiro atoms. The van der Waals surface area contributed by atoms with Crippen molar-refractivity contribution in [3.8, 4) is 0 Å². The van der Waals surface area contributed by atoms with E-state index in [1.54, 1.807) is 0 Å². The summed E-state index contributed by atoms with van der Waals surface area (Å²) in [5.74, 6) is 0.0659. The minimum absolute atomic E-state index is 0.104. The fraction of sp³-hybridized carbons (Fsp3) is 0.948. The summed E-state index contributed by atoms with van der Waals surface area (Å²) in [5.41, 5.74) is 0. The normalized spacial score (nSPS) is 14.1. The van der Waals surface area contributed by atoms with Crippen molar-refractivity contribution in [2.24, 2.45) is 17.8 Å². The zero-order valence-electron chi connectivity index (χ0n) is 62.8. The molecule has 3 N–H and O–H groups in total. The summed E-state index contributed by atoms with van der Waals surface area (Å²) in [5, 5.41) is 10.6. The Morgan fingerprint density at radius 2 is 0.479 bits per heavy atom. The van der Waals surface area contributed by atoms with E-state index in [0.717, 1.165) is 108 Å². The molecule has 0 aliphatic heterocycles. The molecule has 0 saturated heterocycles. The van der Waals surface area contributed by atoms with Crippen LogP contribution in [0.4, 0.5) is 0 Å². The molecule has 0 aromatic rings. The van der Waals surface area contributed by atoms with Crippen LogP contribution in [0.5, 0.6) is 0 Å². The Bertz CT molecular complexity index is 1870. The number of rotatable bonds is 75. The van der Waals surface area contributed by atoms with Gasteiger partial charge in [0.1, 0.15) is 19.3 Å². The monoisotopic (exact) mass is 1410 g/mol. The fourth-order valence-corrected chi connectivity index (χ4v) is 13.4. The molecule has 96 heavy (non-hydrogen) atoms. The molecule has 17 nitrogen and oxygen atoms in total. The molecule has 5 atom stereocenters. The highest BCUT2D eigenvalue weighted by Crippen LogP contribution is 2.45. The van der Waals surface area contributed by atoms with Crippen LogP contribution in [0, 0.1) is 17.8 Å². The Labute approximate surface area is 588 Å². The van der Waals surface area contributed by atoms with Crippen molar-refractivity contribution in [1.82, 2.24) is 0 Å². The van der Waals surface area contributed by atoms with Crippen molar-refractivity contribution >= 4 is 39.5 Å². The molecule has 0 aromatic heterocycles. The Morgan fingerprint density at radius 1 is 0.281 bits per heavy atom. The molecule has 0 fully saturated rings. The van der Waals surface area contributed by atoms with Crippen molar-refractivity contribution in [3.05, 3.63) is 0 Å². The van der Waals surface area contributed by atoms with Crippen molar-refractivity contribution in [3.63, 3.8) is 0 Å². The Balaban J connectivity index is 5.20. The summed E-state index contributed by atoms with van der Waals surface area (Å²) in [6.45, 7) is 11.8. The maximum absolute atomic E-state index is 13.1. The number of hydrogen-bond acceptors (Lipinski definition) is 15. The minimum Gasteiger partial charge on any atom is -0.462 e. The number of carbonyl (C=O) groups excluding carboxylic acids is 4. The predicted molar refractivity (Wildman–Crippen MR) is 391 cm³/mol. The van der Waals surface area contributed by atoms with E-state index in [2.05, 4.69) is 48.5 Å². The Hall–Kier alpha value is -1.94. The molecule has 0 aromatic carbocycles. The average molecular weight is 1410 g/mol. The quantitative estimate of drug-likeness (QED) is 0.0222. The second-order valence-corrected chi connectivity index (χ2v) is 32.1. The SMILES string of the molecule is CCCCCCCCCCCCCCCCCCCCCCCC(=O)O[C@H](COC(=O)CCCCCCCCCCCCCC(C)C)COP(=O)(O)OC[C@@H](O)COP(=O)(O)OC[C@@H](COC(=O)CCCCCCCCC(C)C)OC(=O)CCCCCCCCCCCC(C)C. The van der Waals surface area contributed by atoms with Crippen LogP contribution in [0.2, 0.25) is 0 Å². The van der Waals surface area contributed by atoms with Crippen LogP contribution >= 0.6 is 15.6 Å². The molecular weight excluding hydrogens is 1260 g/mol. The molecule has 570 valence electrons. The van der Waals surface area contributed by atoms with E-state index in [1.807, 2.05) is 0 Å². The van der Waals surface area contributed by atoms with E-state index in [1.165, 1.54) is 199 Å². The lowest BCUT2D eigenvalue weighted by Crippen LogP contribution is -2.30. The van der Waals surface area contributed by atoms with Crippen molar-refractivity contribution in [2.45, 2.75) is 414 Å². The number of esters is 4. The molecular formula is C77H150O17P2. The van der Waals surface area contributed by atoms with E-state index >= 15 is 0 Å². The first-order chi connectivity index (χ1) is 46.2. The lowest BCUT2D eigenvalue weighted by atomic mass is 10.0. The average Bonchev–Trinajstić information content (AvgIpc) is 1.13. The summed E-state index contributed by atoms with van der Waals surface area (Å²) in [6, 6.07) is 0. The van der Waals surface area contributed by atoms with Gasteiger partial charge >= 0.3 is 39.5 Å². The smallest absolute Gasteiger partial charge is 0.462 e. The third-order valence-electron chi connectivity index (χ3n) is 17.9. The van der Waals surface area contributed by atoms with Gasteiger partial charge in [-0.3, -0.25) is 37.3 Å². The number of carbonyl (C=O) groups is 4. The van der Waals surface area contributed by atoms with Gasteiger partial charge in [-0.05, 0) is 43.4 Å². The van der Waals surface area contributed by atoms with Gasteiger partial charge in [-0.15, -0.1) is 0 Å². The Kier molecular flexibility index (Phi) is 66.2. The van der Waals surface area contributed by atoms with Gasteiger partial charge < -0.3 is 33.8 Å². The van der Waals surface area contributed by atoms with Crippen LogP contribution in [0.25, 0.3) is 0 Å². The lowest BCUT2D eigenvalue weighted by molar-refractivity contribution is -0.161. The largest absolute Gasteiger partial charge is 0.472 e. The fourth-order valence-electron chi connectivity index (χ4n) is 11.8. The summed E-state index contributed by atoms with van der Waals surface area (Å²) < 4.78 is 68.5. The molecule has 0 saturated carbocycles. The van der Waals surface area contributed by atoms with E-state index in [4.69, 9.17) is 37.0 Å². The van der Waals surface area contributed by atoms with Crippen LogP contribution in [0.1, 0.15) is 395 Å². The van der Waals surface area contributed by atoms with Crippen molar-refractivity contribution < 1.29 is 80.2 Å². The van der Waals surface area contributed by atoms with E-state index in [0.29, 0.717) is 31.6 Å². The topological polar surface area (TPSA) is 237 Å². The third kappa shape index (κ3) is 70.5. The summed E-state index contributed by atoms with van der Waals surface area (Å²) in [6.07, 6.45) is 54.4. The van der Waals surface area contributed by atoms with Crippen molar-refractivity contribution in [1.29, 1.82) is 0 Å². The first-order valence-corrected chi connectivity index (χ1v) is 42.8. The molecule has 0 heterocycles. The molecule has 0 rings (SSSR count). The van der Waals surface area contributed by atoms with Crippen LogP contribution in [0.3, 0.4) is 0 Å². The highest BCUT2D eigenvalue weighted by atomic mass is 31.2. The number of phosphoric ester groups is 2. The van der Waals surface area contributed by atoms with Gasteiger partial charge in [-0.1, -0.05) is 344 Å². The van der Waals surface area contributed by atoms with Crippen LogP contribution in [-0.4, -0.2) is 96.7 Å². The van der Waals surface area contributed by atoms with Gasteiger partial charge in [0.25, 0.3) is 0 Å². The second-order valence-electron chi connectivity index (χ2n) is 29.2. The number of unbranched alkanes of at least 4 members (excludes halogenated alkanes) is 43. The molecule has 0 aliphatic carbocycles. The van der Waals surface area contributed by atoms with Crippen molar-refractivity contribution in [2.75, 3.05) is 39.6 Å². The van der Waals surface area contributed by atoms with Crippen LogP contribution in [0.15, 0.2) is 0 Å². The molecule has 0 amide bonds. The maximum atomic E-state index is 13.1. The number of aliphatic hydroxyl groups is 1. The zero-order chi connectivity index (χ0) is 70.9. The lowest BCUT2D eigenvalue weighted by Gasteiger charge is -2.21. The number of hydrogen-bond donors (Lipinski definition) is 3. The van der Waals surface area contributed by atoms with Gasteiger partial charge in [-0.25, -0.2) is 9.13 Å².